The van der Waals surface area contributed by atoms with Gasteiger partial charge in [0.1, 0.15) is 0 Å². The summed E-state index contributed by atoms with van der Waals surface area (Å²) in [6.07, 6.45) is 2.55. The van der Waals surface area contributed by atoms with E-state index in [0.29, 0.717) is 11.6 Å². The average Bonchev–Trinajstić information content (AvgIpc) is 3.15. The summed E-state index contributed by atoms with van der Waals surface area (Å²) in [6.45, 7) is 10.6. The van der Waals surface area contributed by atoms with E-state index in [-0.39, 0.29) is 5.91 Å². The van der Waals surface area contributed by atoms with Crippen LogP contribution in [0.25, 0.3) is 5.52 Å². The van der Waals surface area contributed by atoms with E-state index in [4.69, 9.17) is 21.4 Å². The first kappa shape index (κ1) is 19.4. The Balaban J connectivity index is 1.67. The molecule has 4 rings (SSSR count). The number of amides is 1. The van der Waals surface area contributed by atoms with Gasteiger partial charge in [-0.2, -0.15) is 10.2 Å². The number of aromatic nitrogens is 2. The molecule has 4 heterocycles. The number of carbonyl (C=O) groups is 1. The van der Waals surface area contributed by atoms with Crippen molar-refractivity contribution in [1.29, 1.82) is 0 Å². The van der Waals surface area contributed by atoms with E-state index < -0.39 is 5.41 Å². The first-order valence-corrected chi connectivity index (χ1v) is 10.2. The quantitative estimate of drug-likeness (QED) is 0.769. The molecule has 0 saturated carbocycles. The molecule has 0 atom stereocenters. The molecule has 0 aliphatic carbocycles. The summed E-state index contributed by atoms with van der Waals surface area (Å²) in [4.78, 5) is 15.4. The molecule has 1 fully saturated rings. The second kappa shape index (κ2) is 7.46. The van der Waals surface area contributed by atoms with Gasteiger partial charge < -0.3 is 4.74 Å². The van der Waals surface area contributed by atoms with Crippen molar-refractivity contribution in [2.75, 3.05) is 39.4 Å². The van der Waals surface area contributed by atoms with Gasteiger partial charge in [0.25, 0.3) is 5.91 Å². The first-order valence-electron chi connectivity index (χ1n) is 9.80. The standard InChI is InChI=1S/C20H26ClN5O2/c1-4-15-17(16-6-5-14(21)13-26(16)22-15)18-20(2,3)19(27)25(23-18)8-7-24-9-11-28-12-10-24/h5-6,13H,4,7-12H2,1-3H3. The van der Waals surface area contributed by atoms with E-state index >= 15 is 0 Å². The van der Waals surface area contributed by atoms with Gasteiger partial charge in [-0.15, -0.1) is 0 Å². The average molecular weight is 404 g/mol. The van der Waals surface area contributed by atoms with Crippen molar-refractivity contribution >= 4 is 28.7 Å². The summed E-state index contributed by atoms with van der Waals surface area (Å²) in [5.74, 6) is 0.0335. The van der Waals surface area contributed by atoms with E-state index in [1.165, 1.54) is 0 Å². The maximum Gasteiger partial charge on any atom is 0.254 e. The monoisotopic (exact) mass is 403 g/mol. The van der Waals surface area contributed by atoms with Crippen LogP contribution in [-0.2, 0) is 16.0 Å². The van der Waals surface area contributed by atoms with Crippen molar-refractivity contribution in [2.24, 2.45) is 10.5 Å². The molecule has 0 radical (unpaired) electrons. The van der Waals surface area contributed by atoms with Crippen LogP contribution in [0.1, 0.15) is 32.0 Å². The van der Waals surface area contributed by atoms with Crippen LogP contribution in [0.5, 0.6) is 0 Å². The molecule has 8 heteroatoms. The zero-order chi connectivity index (χ0) is 19.9. The van der Waals surface area contributed by atoms with Crippen molar-refractivity contribution in [3.05, 3.63) is 34.6 Å². The van der Waals surface area contributed by atoms with Crippen molar-refractivity contribution < 1.29 is 9.53 Å². The van der Waals surface area contributed by atoms with Gasteiger partial charge in [0.2, 0.25) is 0 Å². The molecule has 0 bridgehead atoms. The van der Waals surface area contributed by atoms with Gasteiger partial charge in [0.15, 0.2) is 0 Å². The second-order valence-electron chi connectivity index (χ2n) is 7.81. The Kier molecular flexibility index (Phi) is 5.16. The summed E-state index contributed by atoms with van der Waals surface area (Å²) < 4.78 is 7.19. The smallest absolute Gasteiger partial charge is 0.254 e. The largest absolute Gasteiger partial charge is 0.379 e. The van der Waals surface area contributed by atoms with Crippen LogP contribution in [0.2, 0.25) is 5.02 Å². The molecule has 2 aromatic heterocycles. The second-order valence-corrected chi connectivity index (χ2v) is 8.24. The zero-order valence-corrected chi connectivity index (χ0v) is 17.4. The fourth-order valence-corrected chi connectivity index (χ4v) is 4.02. The lowest BCUT2D eigenvalue weighted by atomic mass is 9.82. The van der Waals surface area contributed by atoms with Crippen molar-refractivity contribution in [3.8, 4) is 0 Å². The molecule has 0 spiro atoms. The summed E-state index contributed by atoms with van der Waals surface area (Å²) in [6, 6.07) is 3.80. The van der Waals surface area contributed by atoms with E-state index in [1.54, 1.807) is 15.7 Å². The van der Waals surface area contributed by atoms with E-state index in [9.17, 15) is 4.79 Å². The van der Waals surface area contributed by atoms with E-state index in [2.05, 4.69) is 16.9 Å². The number of hydrazone groups is 1. The highest BCUT2D eigenvalue weighted by molar-refractivity contribution is 6.30. The molecule has 150 valence electrons. The molecule has 1 saturated heterocycles. The van der Waals surface area contributed by atoms with E-state index in [1.807, 2.05) is 26.0 Å². The minimum Gasteiger partial charge on any atom is -0.379 e. The van der Waals surface area contributed by atoms with Gasteiger partial charge in [-0.25, -0.2) is 9.52 Å². The fraction of sp³-hybridized carbons (Fsp3) is 0.550. The van der Waals surface area contributed by atoms with Crippen LogP contribution in [0.3, 0.4) is 0 Å². The van der Waals surface area contributed by atoms with E-state index in [0.717, 1.165) is 61.8 Å². The van der Waals surface area contributed by atoms with Gasteiger partial charge in [0.05, 0.1) is 47.1 Å². The molecule has 2 aromatic rings. The highest BCUT2D eigenvalue weighted by Gasteiger charge is 2.45. The number of fused-ring (bicyclic) bond motifs is 1. The van der Waals surface area contributed by atoms with Crippen LogP contribution < -0.4 is 0 Å². The van der Waals surface area contributed by atoms with Crippen LogP contribution >= 0.6 is 11.6 Å². The van der Waals surface area contributed by atoms with Gasteiger partial charge >= 0.3 is 0 Å². The maximum absolute atomic E-state index is 13.1. The lowest BCUT2D eigenvalue weighted by Gasteiger charge is -2.28. The SMILES string of the molecule is CCc1nn2cc(Cl)ccc2c1C1=NN(CCN2CCOCC2)C(=O)C1(C)C. The number of hydrogen-bond acceptors (Lipinski definition) is 5. The lowest BCUT2D eigenvalue weighted by Crippen LogP contribution is -2.42. The summed E-state index contributed by atoms with van der Waals surface area (Å²) in [5, 5.41) is 11.7. The molecule has 28 heavy (non-hydrogen) atoms. The van der Waals surface area contributed by atoms with Crippen molar-refractivity contribution in [3.63, 3.8) is 0 Å². The molecule has 0 N–H and O–H groups in total. The Morgan fingerprint density at radius 1 is 1.21 bits per heavy atom. The third-order valence-corrected chi connectivity index (χ3v) is 5.77. The molecule has 1 amide bonds. The number of carbonyl (C=O) groups excluding carboxylic acids is 1. The third kappa shape index (κ3) is 3.32. The number of nitrogens with zero attached hydrogens (tertiary/aromatic N) is 5. The highest BCUT2D eigenvalue weighted by Crippen LogP contribution is 2.35. The minimum atomic E-state index is -0.696. The molecular formula is C20H26ClN5O2. The number of halogens is 1. The van der Waals surface area contributed by atoms with Crippen LogP contribution in [0, 0.1) is 5.41 Å². The lowest BCUT2D eigenvalue weighted by molar-refractivity contribution is -0.135. The predicted octanol–water partition coefficient (Wildman–Crippen LogP) is 2.45. The Morgan fingerprint density at radius 2 is 1.96 bits per heavy atom. The zero-order valence-electron chi connectivity index (χ0n) is 16.6. The van der Waals surface area contributed by atoms with Gasteiger partial charge in [-0.1, -0.05) is 18.5 Å². The summed E-state index contributed by atoms with van der Waals surface area (Å²) in [5.41, 5.74) is 2.89. The Bertz CT molecular complexity index is 930. The highest BCUT2D eigenvalue weighted by atomic mass is 35.5. The summed E-state index contributed by atoms with van der Waals surface area (Å²) in [7, 11) is 0. The minimum absolute atomic E-state index is 0.0335. The molecular weight excluding hydrogens is 378 g/mol. The number of hydrogen-bond donors (Lipinski definition) is 0. The number of pyridine rings is 1. The number of rotatable bonds is 5. The van der Waals surface area contributed by atoms with Crippen molar-refractivity contribution in [2.45, 2.75) is 27.2 Å². The first-order chi connectivity index (χ1) is 13.4. The van der Waals surface area contributed by atoms with Crippen molar-refractivity contribution in [1.82, 2.24) is 19.5 Å². The van der Waals surface area contributed by atoms with Crippen LogP contribution in [-0.4, -0.2) is 70.5 Å². The molecule has 7 nitrogen and oxygen atoms in total. The van der Waals surface area contributed by atoms with Crippen LogP contribution in [0.4, 0.5) is 0 Å². The molecule has 2 aliphatic rings. The Labute approximate surface area is 169 Å². The molecule has 2 aliphatic heterocycles. The molecule has 0 unspecified atom stereocenters. The van der Waals surface area contributed by atoms with Gasteiger partial charge in [-0.05, 0) is 32.4 Å². The third-order valence-electron chi connectivity index (χ3n) is 5.55. The van der Waals surface area contributed by atoms with Gasteiger partial charge in [-0.3, -0.25) is 9.69 Å². The van der Waals surface area contributed by atoms with Gasteiger partial charge in [0, 0.05) is 31.4 Å². The Morgan fingerprint density at radius 3 is 2.68 bits per heavy atom. The summed E-state index contributed by atoms with van der Waals surface area (Å²) >= 11 is 6.13. The van der Waals surface area contributed by atoms with Crippen LogP contribution in [0.15, 0.2) is 23.4 Å². The number of aryl methyl sites for hydroxylation is 1. The fourth-order valence-electron chi connectivity index (χ4n) is 3.87. The number of morpholine rings is 1. The Hall–Kier alpha value is -1.96. The topological polar surface area (TPSA) is 62.4 Å². The molecule has 0 aromatic carbocycles. The maximum atomic E-state index is 13.1. The normalized spacial score (nSPS) is 20.2. The number of ether oxygens (including phenoxy) is 1. The predicted molar refractivity (Wildman–Crippen MR) is 109 cm³/mol.